The van der Waals surface area contributed by atoms with Gasteiger partial charge in [-0.1, -0.05) is 200 Å². The zero-order valence-electron chi connectivity index (χ0n) is 38.9. The quantitative estimate of drug-likeness (QED) is 0.126. The van der Waals surface area contributed by atoms with Crippen LogP contribution in [0, 0.1) is 0 Å². The van der Waals surface area contributed by atoms with Gasteiger partial charge in [-0.3, -0.25) is 0 Å². The molecule has 2 bridgehead atoms. The first-order valence-electron chi connectivity index (χ1n) is 24.1. The summed E-state index contributed by atoms with van der Waals surface area (Å²) in [6, 6.07) is 74.2. The predicted molar refractivity (Wildman–Crippen MR) is 295 cm³/mol. The highest BCUT2D eigenvalue weighted by molar-refractivity contribution is 7.23. The number of hydrogen-bond acceptors (Lipinski definition) is 3. The van der Waals surface area contributed by atoms with E-state index in [1.807, 2.05) is 11.3 Å². The topological polar surface area (TPSA) is 6.48 Å². The Morgan fingerprint density at radius 2 is 1.30 bits per heavy atom. The molecule has 3 unspecified atom stereocenters. The van der Waals surface area contributed by atoms with Crippen LogP contribution in [-0.2, 0) is 5.41 Å². The number of thiophene rings is 1. The number of anilines is 5. The maximum atomic E-state index is 2.62. The summed E-state index contributed by atoms with van der Waals surface area (Å²) in [7, 11) is 0. The first-order valence-corrected chi connectivity index (χ1v) is 24.9. The number of allylic oxidation sites excluding steroid dienone is 9. The first-order chi connectivity index (χ1) is 34.0. The molecule has 0 saturated heterocycles. The second kappa shape index (κ2) is 17.6. The summed E-state index contributed by atoms with van der Waals surface area (Å²) >= 11 is 1.83. The summed E-state index contributed by atoms with van der Waals surface area (Å²) < 4.78 is 1.28. The fourth-order valence-corrected chi connectivity index (χ4v) is 12.5. The number of para-hydroxylation sites is 2. The summed E-state index contributed by atoms with van der Waals surface area (Å²) in [6.45, 7) is 4.46. The van der Waals surface area contributed by atoms with E-state index in [2.05, 4.69) is 285 Å². The third kappa shape index (κ3) is 7.33. The number of nitrogens with zero attached hydrogens (tertiary/aromatic N) is 2. The molecule has 3 aliphatic rings. The Morgan fingerprint density at radius 1 is 0.580 bits per heavy atom. The van der Waals surface area contributed by atoms with Gasteiger partial charge in [0.1, 0.15) is 5.00 Å². The van der Waals surface area contributed by atoms with Crippen LogP contribution in [-0.4, -0.2) is 5.54 Å². The van der Waals surface area contributed by atoms with E-state index < -0.39 is 5.41 Å². The van der Waals surface area contributed by atoms with Crippen LogP contribution in [0.1, 0.15) is 48.4 Å². The molecule has 0 radical (unpaired) electrons. The van der Waals surface area contributed by atoms with Crippen molar-refractivity contribution in [3.05, 3.63) is 283 Å². The van der Waals surface area contributed by atoms with Gasteiger partial charge in [-0.2, -0.15) is 0 Å². The molecule has 2 aliphatic carbocycles. The van der Waals surface area contributed by atoms with Crippen LogP contribution in [0.2, 0.25) is 0 Å². The van der Waals surface area contributed by atoms with Crippen molar-refractivity contribution in [2.24, 2.45) is 0 Å². The number of hydrogen-bond donors (Lipinski definition) is 0. The van der Waals surface area contributed by atoms with Gasteiger partial charge in [0.15, 0.2) is 0 Å². The Bertz CT molecular complexity index is 3500. The molecule has 9 aromatic rings. The lowest BCUT2D eigenvalue weighted by Gasteiger charge is -2.48. The van der Waals surface area contributed by atoms with Crippen molar-refractivity contribution in [2.75, 3.05) is 9.80 Å². The van der Waals surface area contributed by atoms with Crippen LogP contribution in [0.5, 0.6) is 0 Å². The van der Waals surface area contributed by atoms with Crippen molar-refractivity contribution >= 4 is 49.2 Å². The molecule has 332 valence electrons. The van der Waals surface area contributed by atoms with Crippen LogP contribution in [0.15, 0.2) is 261 Å². The molecule has 1 aromatic heterocycles. The second-order valence-electron chi connectivity index (χ2n) is 18.6. The van der Waals surface area contributed by atoms with E-state index in [-0.39, 0.29) is 11.5 Å². The third-order valence-corrected chi connectivity index (χ3v) is 15.6. The second-order valence-corrected chi connectivity index (χ2v) is 19.7. The minimum absolute atomic E-state index is 0.244. The van der Waals surface area contributed by atoms with Gasteiger partial charge >= 0.3 is 0 Å². The van der Waals surface area contributed by atoms with E-state index in [0.29, 0.717) is 0 Å². The molecule has 0 spiro atoms. The lowest BCUT2D eigenvalue weighted by Crippen LogP contribution is -2.46. The van der Waals surface area contributed by atoms with Gasteiger partial charge in [-0.15, -0.1) is 11.3 Å². The van der Waals surface area contributed by atoms with Crippen molar-refractivity contribution in [3.8, 4) is 33.4 Å². The lowest BCUT2D eigenvalue weighted by atomic mass is 9.72. The highest BCUT2D eigenvalue weighted by Crippen LogP contribution is 2.57. The van der Waals surface area contributed by atoms with Crippen molar-refractivity contribution in [1.82, 2.24) is 0 Å². The molecular weight excluding hydrogens is 853 g/mol. The molecule has 0 saturated carbocycles. The van der Waals surface area contributed by atoms with E-state index in [1.54, 1.807) is 0 Å². The molecule has 0 fully saturated rings. The maximum Gasteiger partial charge on any atom is 0.101 e. The third-order valence-electron chi connectivity index (χ3n) is 14.5. The SMILES string of the molecule is C\C=C/C=C\C=C\C1(c2ccccc2)c2ccccc2-c2cc(N3c4ccc(-c5cccc(-c6ccccc6N(c6ccccc6)c6cc7ccccc7s6)c5)cc4C4C=CC=CC3(C)C4)ccc21. The van der Waals surface area contributed by atoms with E-state index >= 15 is 0 Å². The van der Waals surface area contributed by atoms with Gasteiger partial charge < -0.3 is 9.80 Å². The molecule has 3 atom stereocenters. The van der Waals surface area contributed by atoms with Crippen molar-refractivity contribution in [1.29, 1.82) is 0 Å². The molecule has 2 nitrogen and oxygen atoms in total. The highest BCUT2D eigenvalue weighted by atomic mass is 32.1. The fraction of sp³-hybridized carbons (Fsp3) is 0.0909. The van der Waals surface area contributed by atoms with E-state index in [0.717, 1.165) is 17.8 Å². The normalized spacial score (nSPS) is 19.0. The average Bonchev–Trinajstić information content (AvgIpc) is 3.89. The number of rotatable bonds is 10. The Kier molecular flexibility index (Phi) is 10.8. The summed E-state index contributed by atoms with van der Waals surface area (Å²) in [5.74, 6) is 0.266. The molecule has 0 amide bonds. The zero-order chi connectivity index (χ0) is 46.4. The monoisotopic (exact) mass is 904 g/mol. The standard InChI is InChI=1S/C66H52N2S/c1-3-4-5-6-20-41-66(52-27-9-7-10-28-52)59-33-16-14-32-56(59)58-45-54(37-38-60(58)66)68-62-39-36-48(43-57(62)51-24-19-21-40-65(68,2)46-51)47-25-22-26-49(42-47)55-31-15-17-34-61(55)67(53-29-11-8-12-30-53)64-44-50-23-13-18-35-63(50)69-64/h3-45,51H,46H2,1-2H3/b4-3-,6-5-,41-20+. The zero-order valence-corrected chi connectivity index (χ0v) is 39.7. The van der Waals surface area contributed by atoms with Crippen molar-refractivity contribution < 1.29 is 0 Å². The summed E-state index contributed by atoms with van der Waals surface area (Å²) in [4.78, 5) is 5.04. The van der Waals surface area contributed by atoms with Gasteiger partial charge in [0, 0.05) is 33.2 Å². The van der Waals surface area contributed by atoms with Crippen LogP contribution >= 0.6 is 11.3 Å². The van der Waals surface area contributed by atoms with Crippen LogP contribution in [0.25, 0.3) is 43.5 Å². The van der Waals surface area contributed by atoms with Gasteiger partial charge in [-0.25, -0.2) is 0 Å². The Hall–Kier alpha value is -7.98. The average molecular weight is 905 g/mol. The largest absolute Gasteiger partial charge is 0.332 e. The molecule has 2 heterocycles. The minimum Gasteiger partial charge on any atom is -0.332 e. The molecule has 3 heteroatoms. The Labute approximate surface area is 410 Å². The number of benzene rings is 8. The molecule has 1 aliphatic heterocycles. The van der Waals surface area contributed by atoms with E-state index in [4.69, 9.17) is 0 Å². The summed E-state index contributed by atoms with van der Waals surface area (Å²) in [5, 5.41) is 2.45. The first kappa shape index (κ1) is 42.4. The predicted octanol–water partition coefficient (Wildman–Crippen LogP) is 18.2. The minimum atomic E-state index is -0.435. The van der Waals surface area contributed by atoms with Crippen molar-refractivity contribution in [2.45, 2.75) is 37.1 Å². The summed E-state index contributed by atoms with van der Waals surface area (Å²) in [5.41, 5.74) is 16.7. The van der Waals surface area contributed by atoms with Crippen LogP contribution < -0.4 is 9.80 Å². The van der Waals surface area contributed by atoms with Crippen LogP contribution in [0.3, 0.4) is 0 Å². The molecule has 12 rings (SSSR count). The highest BCUT2D eigenvalue weighted by Gasteiger charge is 2.45. The fourth-order valence-electron chi connectivity index (χ4n) is 11.4. The lowest BCUT2D eigenvalue weighted by molar-refractivity contribution is 0.474. The Balaban J connectivity index is 0.956. The molecule has 69 heavy (non-hydrogen) atoms. The maximum absolute atomic E-state index is 2.62. The van der Waals surface area contributed by atoms with E-state index in [1.165, 1.54) is 82.1 Å². The number of fused-ring (bicyclic) bond motifs is 8. The van der Waals surface area contributed by atoms with Gasteiger partial charge in [0.25, 0.3) is 0 Å². The van der Waals surface area contributed by atoms with Gasteiger partial charge in [0.2, 0.25) is 0 Å². The van der Waals surface area contributed by atoms with Gasteiger partial charge in [-0.05, 0) is 136 Å². The van der Waals surface area contributed by atoms with E-state index in [9.17, 15) is 0 Å². The molecule has 0 N–H and O–H groups in total. The molecule has 8 aromatic carbocycles. The van der Waals surface area contributed by atoms with Crippen LogP contribution in [0.4, 0.5) is 27.8 Å². The Morgan fingerprint density at radius 3 is 2.16 bits per heavy atom. The van der Waals surface area contributed by atoms with Gasteiger partial charge in [0.05, 0.1) is 16.6 Å². The summed E-state index contributed by atoms with van der Waals surface area (Å²) in [6.07, 6.45) is 23.3. The van der Waals surface area contributed by atoms with Crippen molar-refractivity contribution in [3.63, 3.8) is 0 Å². The molecular formula is C66H52N2S. The smallest absolute Gasteiger partial charge is 0.101 e.